The topological polar surface area (TPSA) is 60.5 Å². The Morgan fingerprint density at radius 3 is 2.86 bits per heavy atom. The highest BCUT2D eigenvalue weighted by atomic mass is 32.1. The third-order valence-electron chi connectivity index (χ3n) is 4.30. The molecule has 22 heavy (non-hydrogen) atoms. The molecule has 1 aromatic carbocycles. The number of benzene rings is 1. The van der Waals surface area contributed by atoms with E-state index in [9.17, 15) is 4.79 Å². The van der Waals surface area contributed by atoms with Crippen LogP contribution in [0.4, 0.5) is 0 Å². The lowest BCUT2D eigenvalue weighted by Crippen LogP contribution is -2.49. The molecule has 116 valence electrons. The molecule has 1 saturated carbocycles. The summed E-state index contributed by atoms with van der Waals surface area (Å²) >= 11 is 1.44. The van der Waals surface area contributed by atoms with Gasteiger partial charge in [-0.25, -0.2) is 4.98 Å². The van der Waals surface area contributed by atoms with Crippen LogP contribution in [0.1, 0.15) is 29.1 Å². The number of nitrogens with one attached hydrogen (secondary N) is 1. The van der Waals surface area contributed by atoms with Crippen molar-refractivity contribution in [2.75, 3.05) is 13.2 Å². The molecule has 1 N–H and O–H groups in total. The first-order chi connectivity index (χ1) is 10.8. The molecule has 0 radical (unpaired) electrons. The maximum Gasteiger partial charge on any atom is 0.280 e. The number of ether oxygens (including phenoxy) is 2. The molecule has 1 aliphatic heterocycles. The van der Waals surface area contributed by atoms with Gasteiger partial charge in [-0.15, -0.1) is 11.3 Å². The molecule has 0 bridgehead atoms. The van der Waals surface area contributed by atoms with Crippen molar-refractivity contribution >= 4 is 27.5 Å². The molecule has 3 unspecified atom stereocenters. The number of hydrogen-bond acceptors (Lipinski definition) is 5. The Morgan fingerprint density at radius 2 is 2.00 bits per heavy atom. The number of fused-ring (bicyclic) bond motifs is 2. The number of carbonyl (C=O) groups is 1. The molecule has 1 aliphatic carbocycles. The van der Waals surface area contributed by atoms with Crippen LogP contribution in [0.15, 0.2) is 24.3 Å². The van der Waals surface area contributed by atoms with Gasteiger partial charge in [-0.3, -0.25) is 4.79 Å². The number of para-hydroxylation sites is 1. The first-order valence-corrected chi connectivity index (χ1v) is 8.51. The Bertz CT molecular complexity index is 654. The summed E-state index contributed by atoms with van der Waals surface area (Å²) < 4.78 is 12.5. The second kappa shape index (κ2) is 5.95. The van der Waals surface area contributed by atoms with Crippen LogP contribution in [-0.2, 0) is 9.47 Å². The smallest absolute Gasteiger partial charge is 0.280 e. The van der Waals surface area contributed by atoms with E-state index in [0.29, 0.717) is 18.2 Å². The number of amides is 1. The number of hydrogen-bond donors (Lipinski definition) is 1. The van der Waals surface area contributed by atoms with Crippen LogP contribution >= 0.6 is 11.3 Å². The van der Waals surface area contributed by atoms with Crippen LogP contribution in [0.25, 0.3) is 10.2 Å². The van der Waals surface area contributed by atoms with Crippen molar-refractivity contribution in [3.63, 3.8) is 0 Å². The molecule has 5 nitrogen and oxygen atoms in total. The zero-order valence-electron chi connectivity index (χ0n) is 12.2. The molecule has 6 heteroatoms. The molecule has 3 atom stereocenters. The number of rotatable bonds is 2. The highest BCUT2D eigenvalue weighted by Crippen LogP contribution is 2.27. The van der Waals surface area contributed by atoms with Crippen LogP contribution in [0.5, 0.6) is 0 Å². The largest absolute Gasteiger partial charge is 0.373 e. The normalized spacial score (nSPS) is 28.3. The predicted molar refractivity (Wildman–Crippen MR) is 84.2 cm³/mol. The summed E-state index contributed by atoms with van der Waals surface area (Å²) in [5, 5.41) is 3.63. The number of carbonyl (C=O) groups excluding carboxylic acids is 1. The fraction of sp³-hybridized carbons (Fsp3) is 0.500. The van der Waals surface area contributed by atoms with E-state index in [0.717, 1.165) is 29.5 Å². The Labute approximate surface area is 132 Å². The van der Waals surface area contributed by atoms with E-state index in [1.54, 1.807) is 0 Å². The van der Waals surface area contributed by atoms with Gasteiger partial charge in [0.1, 0.15) is 0 Å². The number of thiazole rings is 1. The van der Waals surface area contributed by atoms with Gasteiger partial charge in [0.25, 0.3) is 5.91 Å². The molecule has 1 amide bonds. The van der Waals surface area contributed by atoms with Gasteiger partial charge in [0.2, 0.25) is 0 Å². The van der Waals surface area contributed by atoms with E-state index >= 15 is 0 Å². The lowest BCUT2D eigenvalue weighted by atomic mass is 9.89. The summed E-state index contributed by atoms with van der Waals surface area (Å²) in [5.41, 5.74) is 0.880. The van der Waals surface area contributed by atoms with Crippen molar-refractivity contribution in [3.05, 3.63) is 29.3 Å². The molecule has 2 fully saturated rings. The quantitative estimate of drug-likeness (QED) is 0.923. The van der Waals surface area contributed by atoms with Crippen molar-refractivity contribution in [3.8, 4) is 0 Å². The molecule has 2 aromatic rings. The number of nitrogens with zero attached hydrogens (tertiary/aromatic N) is 1. The van der Waals surface area contributed by atoms with Crippen molar-refractivity contribution in [1.82, 2.24) is 10.3 Å². The lowest BCUT2D eigenvalue weighted by molar-refractivity contribution is -0.157. The van der Waals surface area contributed by atoms with Crippen molar-refractivity contribution < 1.29 is 14.3 Å². The summed E-state index contributed by atoms with van der Waals surface area (Å²) in [4.78, 5) is 16.8. The highest BCUT2D eigenvalue weighted by Gasteiger charge is 2.35. The van der Waals surface area contributed by atoms with E-state index in [1.165, 1.54) is 11.3 Å². The molecule has 1 aromatic heterocycles. The van der Waals surface area contributed by atoms with Crippen LogP contribution < -0.4 is 5.32 Å². The van der Waals surface area contributed by atoms with Crippen molar-refractivity contribution in [2.24, 2.45) is 0 Å². The van der Waals surface area contributed by atoms with Crippen LogP contribution in [-0.4, -0.2) is 42.4 Å². The zero-order valence-corrected chi connectivity index (χ0v) is 13.0. The average molecular weight is 318 g/mol. The third-order valence-corrected chi connectivity index (χ3v) is 5.34. The van der Waals surface area contributed by atoms with Gasteiger partial charge >= 0.3 is 0 Å². The maximum absolute atomic E-state index is 12.4. The van der Waals surface area contributed by atoms with Gasteiger partial charge in [-0.2, -0.15) is 0 Å². The summed E-state index contributed by atoms with van der Waals surface area (Å²) in [6, 6.07) is 7.96. The Hall–Kier alpha value is -1.50. The van der Waals surface area contributed by atoms with E-state index in [4.69, 9.17) is 9.47 Å². The standard InChI is InChI=1S/C16H18N2O3S/c19-15(16-18-11-3-1-2-4-14(11)22-16)17-10-5-6-12-13(9-10)21-8-7-20-12/h1-4,10,12-13H,5-9H2,(H,17,19). The second-order valence-electron chi connectivity index (χ2n) is 5.79. The van der Waals surface area contributed by atoms with Crippen LogP contribution in [0, 0.1) is 0 Å². The fourth-order valence-corrected chi connectivity index (χ4v) is 4.08. The van der Waals surface area contributed by atoms with E-state index in [2.05, 4.69) is 10.3 Å². The SMILES string of the molecule is O=C(NC1CCC2OCCOC2C1)c1nc2ccccc2s1. The van der Waals surface area contributed by atoms with E-state index in [1.807, 2.05) is 24.3 Å². The number of aromatic nitrogens is 1. The summed E-state index contributed by atoms with van der Waals surface area (Å²) in [6.45, 7) is 1.34. The molecule has 4 rings (SSSR count). The average Bonchev–Trinajstić information content (AvgIpc) is 2.99. The lowest BCUT2D eigenvalue weighted by Gasteiger charge is -2.38. The summed E-state index contributed by atoms with van der Waals surface area (Å²) in [6.07, 6.45) is 3.00. The Morgan fingerprint density at radius 1 is 1.18 bits per heavy atom. The molecule has 1 saturated heterocycles. The highest BCUT2D eigenvalue weighted by molar-refractivity contribution is 7.20. The van der Waals surface area contributed by atoms with Gasteiger partial charge in [0.15, 0.2) is 5.01 Å². The predicted octanol–water partition coefficient (Wildman–Crippen LogP) is 2.36. The maximum atomic E-state index is 12.4. The minimum atomic E-state index is -0.0821. The molecule has 2 aliphatic rings. The van der Waals surface area contributed by atoms with Gasteiger partial charge in [-0.05, 0) is 31.4 Å². The molecular weight excluding hydrogens is 300 g/mol. The minimum absolute atomic E-state index is 0.0821. The van der Waals surface area contributed by atoms with Crippen molar-refractivity contribution in [1.29, 1.82) is 0 Å². The minimum Gasteiger partial charge on any atom is -0.373 e. The second-order valence-corrected chi connectivity index (χ2v) is 6.82. The van der Waals surface area contributed by atoms with Crippen LogP contribution in [0.2, 0.25) is 0 Å². The van der Waals surface area contributed by atoms with Gasteiger partial charge in [0.05, 0.1) is 35.6 Å². The molecule has 0 spiro atoms. The van der Waals surface area contributed by atoms with Gasteiger partial charge in [-0.1, -0.05) is 12.1 Å². The third kappa shape index (κ3) is 2.74. The first-order valence-electron chi connectivity index (χ1n) is 7.69. The Kier molecular flexibility index (Phi) is 3.82. The monoisotopic (exact) mass is 318 g/mol. The zero-order chi connectivity index (χ0) is 14.9. The summed E-state index contributed by atoms with van der Waals surface area (Å²) in [7, 11) is 0. The van der Waals surface area contributed by atoms with E-state index in [-0.39, 0.29) is 24.2 Å². The first kappa shape index (κ1) is 14.1. The fourth-order valence-electron chi connectivity index (χ4n) is 3.21. The van der Waals surface area contributed by atoms with Crippen molar-refractivity contribution in [2.45, 2.75) is 37.5 Å². The Balaban J connectivity index is 1.43. The van der Waals surface area contributed by atoms with Gasteiger partial charge in [0, 0.05) is 6.04 Å². The van der Waals surface area contributed by atoms with Gasteiger partial charge < -0.3 is 14.8 Å². The molecule has 2 heterocycles. The van der Waals surface area contributed by atoms with E-state index < -0.39 is 0 Å². The molecular formula is C16H18N2O3S. The van der Waals surface area contributed by atoms with Crippen LogP contribution in [0.3, 0.4) is 0 Å². The summed E-state index contributed by atoms with van der Waals surface area (Å²) in [5.74, 6) is -0.0821.